The van der Waals surface area contributed by atoms with E-state index in [2.05, 4.69) is 60.8 Å². The number of nitrogens with zero attached hydrogens (tertiary/aromatic N) is 1. The third-order valence-electron chi connectivity index (χ3n) is 5.03. The van der Waals surface area contributed by atoms with Crippen molar-refractivity contribution in [1.29, 1.82) is 0 Å². The first-order valence-corrected chi connectivity index (χ1v) is 10.6. The molecule has 1 aliphatic rings. The molecule has 3 amide bonds. The van der Waals surface area contributed by atoms with E-state index in [4.69, 9.17) is 10.5 Å². The molecule has 0 aromatic heterocycles. The maximum absolute atomic E-state index is 11.6. The summed E-state index contributed by atoms with van der Waals surface area (Å²) in [6.07, 6.45) is 2.09. The lowest BCUT2D eigenvalue weighted by Crippen LogP contribution is -2.45. The minimum Gasteiger partial charge on any atom is -0.450 e. The first-order chi connectivity index (χ1) is 14.5. The van der Waals surface area contributed by atoms with Gasteiger partial charge in [0.25, 0.3) is 0 Å². The van der Waals surface area contributed by atoms with Crippen molar-refractivity contribution in [2.24, 2.45) is 11.7 Å². The van der Waals surface area contributed by atoms with Crippen LogP contribution in [-0.4, -0.2) is 43.3 Å². The lowest BCUT2D eigenvalue weighted by molar-refractivity contribution is 0.128. The molecule has 1 unspecified atom stereocenters. The molecule has 2 aromatic rings. The number of hydrogen-bond acceptors (Lipinski definition) is 3. The van der Waals surface area contributed by atoms with E-state index in [1.165, 1.54) is 16.7 Å². The van der Waals surface area contributed by atoms with Crippen molar-refractivity contribution in [3.63, 3.8) is 0 Å². The fraction of sp³-hybridized carbons (Fsp3) is 0.417. The van der Waals surface area contributed by atoms with Crippen LogP contribution in [0.25, 0.3) is 11.1 Å². The Labute approximate surface area is 179 Å². The minimum absolute atomic E-state index is 0.00646. The number of nitrogens with two attached hydrogens (primary N) is 1. The van der Waals surface area contributed by atoms with Gasteiger partial charge in [0, 0.05) is 19.6 Å². The molecule has 1 saturated heterocycles. The highest BCUT2D eigenvalue weighted by Crippen LogP contribution is 2.20. The molecule has 162 valence electrons. The third-order valence-corrected chi connectivity index (χ3v) is 5.03. The van der Waals surface area contributed by atoms with Gasteiger partial charge in [-0.2, -0.15) is 0 Å². The van der Waals surface area contributed by atoms with E-state index in [-0.39, 0.29) is 6.03 Å². The molecule has 1 heterocycles. The number of primary amides is 1. The van der Waals surface area contributed by atoms with Gasteiger partial charge in [-0.1, -0.05) is 60.2 Å². The Balaban J connectivity index is 0.000000220. The second-order valence-electron chi connectivity index (χ2n) is 7.48. The van der Waals surface area contributed by atoms with E-state index >= 15 is 0 Å². The highest BCUT2D eigenvalue weighted by molar-refractivity contribution is 5.74. The number of likely N-dealkylation sites (tertiary alicyclic amines) is 1. The molecule has 0 saturated carbocycles. The number of carbonyl (C=O) groups is 2. The molecule has 0 spiro atoms. The Morgan fingerprint density at radius 3 is 2.53 bits per heavy atom. The van der Waals surface area contributed by atoms with Crippen LogP contribution in [0.5, 0.6) is 0 Å². The number of carbonyl (C=O) groups excluding carboxylic acids is 2. The van der Waals surface area contributed by atoms with Gasteiger partial charge in [-0.25, -0.2) is 9.59 Å². The molecule has 0 bridgehead atoms. The second kappa shape index (κ2) is 12.5. The predicted molar refractivity (Wildman–Crippen MR) is 120 cm³/mol. The van der Waals surface area contributed by atoms with Crippen molar-refractivity contribution in [1.82, 2.24) is 10.2 Å². The van der Waals surface area contributed by atoms with Crippen molar-refractivity contribution >= 4 is 12.1 Å². The molecule has 6 heteroatoms. The fourth-order valence-corrected chi connectivity index (χ4v) is 3.53. The van der Waals surface area contributed by atoms with Crippen LogP contribution in [0.3, 0.4) is 0 Å². The van der Waals surface area contributed by atoms with Gasteiger partial charge in [0.15, 0.2) is 0 Å². The third kappa shape index (κ3) is 8.15. The highest BCUT2D eigenvalue weighted by atomic mass is 16.5. The van der Waals surface area contributed by atoms with Crippen molar-refractivity contribution in [3.05, 3.63) is 60.2 Å². The molecule has 1 atom stereocenters. The number of nitrogens with one attached hydrogen (secondary N) is 1. The first-order valence-electron chi connectivity index (χ1n) is 10.6. The van der Waals surface area contributed by atoms with Gasteiger partial charge in [-0.05, 0) is 50.2 Å². The summed E-state index contributed by atoms with van der Waals surface area (Å²) in [6.45, 7) is 6.54. The quantitative estimate of drug-likeness (QED) is 0.755. The van der Waals surface area contributed by atoms with Crippen LogP contribution in [0.15, 0.2) is 54.6 Å². The Morgan fingerprint density at radius 2 is 1.87 bits per heavy atom. The van der Waals surface area contributed by atoms with E-state index in [1.807, 2.05) is 17.9 Å². The number of urea groups is 1. The molecule has 1 fully saturated rings. The van der Waals surface area contributed by atoms with Crippen LogP contribution in [0.1, 0.15) is 31.7 Å². The zero-order valence-corrected chi connectivity index (χ0v) is 18.0. The normalized spacial score (nSPS) is 15.5. The molecular weight excluding hydrogens is 378 g/mol. The smallest absolute Gasteiger partial charge is 0.404 e. The van der Waals surface area contributed by atoms with Crippen LogP contribution < -0.4 is 11.1 Å². The molecule has 2 aromatic carbocycles. The minimum atomic E-state index is -0.735. The maximum Gasteiger partial charge on any atom is 0.404 e. The first kappa shape index (κ1) is 23.3. The van der Waals surface area contributed by atoms with E-state index in [0.717, 1.165) is 32.4 Å². The number of aryl methyl sites for hydroxylation is 1. The molecule has 3 rings (SSSR count). The van der Waals surface area contributed by atoms with Gasteiger partial charge in [-0.15, -0.1) is 0 Å². The zero-order chi connectivity index (χ0) is 21.8. The number of amides is 3. The van der Waals surface area contributed by atoms with Crippen LogP contribution in [0.2, 0.25) is 0 Å². The summed E-state index contributed by atoms with van der Waals surface area (Å²) in [4.78, 5) is 23.9. The van der Waals surface area contributed by atoms with E-state index in [0.29, 0.717) is 19.1 Å². The lowest BCUT2D eigenvalue weighted by Gasteiger charge is -2.32. The Bertz CT molecular complexity index is 795. The summed E-state index contributed by atoms with van der Waals surface area (Å²) in [5, 5.41) is 2.79. The number of benzene rings is 2. The number of rotatable bonds is 5. The average Bonchev–Trinajstić information content (AvgIpc) is 2.75. The molecule has 30 heavy (non-hydrogen) atoms. The average molecular weight is 412 g/mol. The van der Waals surface area contributed by atoms with Gasteiger partial charge >= 0.3 is 12.1 Å². The Morgan fingerprint density at radius 1 is 1.13 bits per heavy atom. The van der Waals surface area contributed by atoms with Gasteiger partial charge in [-0.3, -0.25) is 0 Å². The van der Waals surface area contributed by atoms with Crippen LogP contribution in [0, 0.1) is 12.8 Å². The Hall–Kier alpha value is -3.02. The molecule has 0 radical (unpaired) electrons. The zero-order valence-electron chi connectivity index (χ0n) is 18.0. The van der Waals surface area contributed by atoms with E-state index < -0.39 is 6.09 Å². The molecule has 0 aliphatic carbocycles. The molecule has 6 nitrogen and oxygen atoms in total. The summed E-state index contributed by atoms with van der Waals surface area (Å²) >= 11 is 0. The largest absolute Gasteiger partial charge is 0.450 e. The summed E-state index contributed by atoms with van der Waals surface area (Å²) in [5.41, 5.74) is 8.77. The van der Waals surface area contributed by atoms with Crippen molar-refractivity contribution < 1.29 is 14.3 Å². The maximum atomic E-state index is 11.6. The summed E-state index contributed by atoms with van der Waals surface area (Å²) < 4.78 is 4.71. The molecule has 1 aliphatic heterocycles. The number of piperidine rings is 1. The number of hydrogen-bond donors (Lipinski definition) is 2. The summed E-state index contributed by atoms with van der Waals surface area (Å²) in [5.74, 6) is 0.394. The van der Waals surface area contributed by atoms with Gasteiger partial charge in [0.05, 0.1) is 6.61 Å². The van der Waals surface area contributed by atoms with Crippen molar-refractivity contribution in [3.8, 4) is 11.1 Å². The highest BCUT2D eigenvalue weighted by Gasteiger charge is 2.23. The summed E-state index contributed by atoms with van der Waals surface area (Å²) in [7, 11) is 0. The van der Waals surface area contributed by atoms with Crippen molar-refractivity contribution in [2.75, 3.05) is 26.2 Å². The lowest BCUT2D eigenvalue weighted by atomic mass is 9.95. The van der Waals surface area contributed by atoms with Gasteiger partial charge < -0.3 is 20.7 Å². The van der Waals surface area contributed by atoms with Crippen LogP contribution in [0.4, 0.5) is 9.59 Å². The van der Waals surface area contributed by atoms with Gasteiger partial charge in [0.1, 0.15) is 0 Å². The topological polar surface area (TPSA) is 84.7 Å². The van der Waals surface area contributed by atoms with Crippen LogP contribution in [-0.2, 0) is 4.74 Å². The van der Waals surface area contributed by atoms with E-state index in [1.54, 1.807) is 0 Å². The number of ether oxygens (including phenoxy) is 1. The standard InChI is InChI=1S/C13H12.C11H21N3O3/c1-11-6-5-9-13(10-11)12-7-3-2-4-8-12;1-2-13-11(16)14-6-3-4-9(8-14)5-7-17-10(12)15/h2-10H,1H3;9H,2-8H2,1H3,(H2,12,15)(H,13,16). The second-order valence-corrected chi connectivity index (χ2v) is 7.48. The summed E-state index contributed by atoms with van der Waals surface area (Å²) in [6, 6.07) is 19.0. The monoisotopic (exact) mass is 411 g/mol. The molecule has 3 N–H and O–H groups in total. The van der Waals surface area contributed by atoms with Crippen molar-refractivity contribution in [2.45, 2.75) is 33.1 Å². The molecular formula is C24H33N3O3. The predicted octanol–water partition coefficient (Wildman–Crippen LogP) is 4.58. The SMILES string of the molecule is CCNC(=O)N1CCCC(CCOC(N)=O)C1.Cc1cccc(-c2ccccc2)c1. The van der Waals surface area contributed by atoms with Gasteiger partial charge in [0.2, 0.25) is 0 Å². The van der Waals surface area contributed by atoms with Crippen LogP contribution >= 0.6 is 0 Å². The van der Waals surface area contributed by atoms with E-state index in [9.17, 15) is 9.59 Å². The fourth-order valence-electron chi connectivity index (χ4n) is 3.53. The Kier molecular flexibility index (Phi) is 9.71.